The van der Waals surface area contributed by atoms with E-state index in [1.54, 1.807) is 18.2 Å². The first kappa shape index (κ1) is 31.4. The summed E-state index contributed by atoms with van der Waals surface area (Å²) in [6.07, 6.45) is -1.59. The summed E-state index contributed by atoms with van der Waals surface area (Å²) in [5.41, 5.74) is -0.201. The Kier molecular flexibility index (Phi) is 10.4. The highest BCUT2D eigenvalue weighted by Gasteiger charge is 2.37. The largest absolute Gasteiger partial charge is 0.497 e. The van der Waals surface area contributed by atoms with Crippen molar-refractivity contribution < 1.29 is 32.2 Å². The number of aliphatic carboxylic acids is 1. The van der Waals surface area contributed by atoms with Gasteiger partial charge in [0, 0.05) is 22.0 Å². The lowest BCUT2D eigenvalue weighted by Crippen LogP contribution is -2.41. The summed E-state index contributed by atoms with van der Waals surface area (Å²) >= 11 is 7.90. The summed E-state index contributed by atoms with van der Waals surface area (Å²) < 4.78 is 59.3. The molecule has 222 valence electrons. The van der Waals surface area contributed by atoms with E-state index in [2.05, 4.69) is 9.88 Å². The molecule has 4 rings (SSSR count). The Hall–Kier alpha value is -2.56. The summed E-state index contributed by atoms with van der Waals surface area (Å²) in [4.78, 5) is 19.1. The number of hydrogen-bond acceptors (Lipinski definition) is 5. The molecule has 0 bridgehead atoms. The maximum Gasteiger partial charge on any atom is 0.416 e. The van der Waals surface area contributed by atoms with E-state index in [9.17, 15) is 23.1 Å². The predicted octanol–water partition coefficient (Wildman–Crippen LogP) is 8.45. The van der Waals surface area contributed by atoms with Crippen LogP contribution in [-0.2, 0) is 11.0 Å². The van der Waals surface area contributed by atoms with Crippen molar-refractivity contribution in [2.24, 2.45) is 5.41 Å². The Labute approximate surface area is 246 Å². The number of aromatic nitrogens is 1. The number of thioether (sulfide) groups is 1. The van der Waals surface area contributed by atoms with Gasteiger partial charge in [0.05, 0.1) is 29.6 Å². The van der Waals surface area contributed by atoms with Crippen molar-refractivity contribution in [2.75, 3.05) is 32.5 Å². The molecule has 0 saturated carbocycles. The highest BCUT2D eigenvalue weighted by molar-refractivity contribution is 7.99. The highest BCUT2D eigenvalue weighted by Crippen LogP contribution is 2.44. The van der Waals surface area contributed by atoms with Gasteiger partial charge in [-0.2, -0.15) is 13.2 Å². The first-order chi connectivity index (χ1) is 19.5. The maximum atomic E-state index is 15.8. The predicted molar refractivity (Wildman–Crippen MR) is 154 cm³/mol. The molecule has 1 atom stereocenters. The molecule has 3 aromatic rings. The Morgan fingerprint density at radius 3 is 2.54 bits per heavy atom. The lowest BCUT2D eigenvalue weighted by Gasteiger charge is -2.41. The number of methoxy groups -OCH3 is 1. The number of carbonyl (C=O) groups is 1. The fourth-order valence-corrected chi connectivity index (χ4v) is 6.60. The van der Waals surface area contributed by atoms with E-state index < -0.39 is 29.3 Å². The van der Waals surface area contributed by atoms with Crippen LogP contribution in [-0.4, -0.2) is 53.5 Å². The smallest absolute Gasteiger partial charge is 0.416 e. The molecule has 0 radical (unpaired) electrons. The number of fused-ring (bicyclic) bond motifs is 1. The van der Waals surface area contributed by atoms with Gasteiger partial charge in [-0.25, -0.2) is 4.39 Å². The first-order valence-electron chi connectivity index (χ1n) is 13.5. The number of rotatable bonds is 12. The van der Waals surface area contributed by atoms with Crippen LogP contribution >= 0.6 is 23.4 Å². The molecule has 0 amide bonds. The van der Waals surface area contributed by atoms with Crippen LogP contribution in [0.25, 0.3) is 10.9 Å². The van der Waals surface area contributed by atoms with Crippen molar-refractivity contribution in [2.45, 2.75) is 55.8 Å². The zero-order valence-electron chi connectivity index (χ0n) is 22.7. The molecule has 2 aromatic carbocycles. The second-order valence-electron chi connectivity index (χ2n) is 10.5. The van der Waals surface area contributed by atoms with Crippen LogP contribution in [0.2, 0.25) is 5.02 Å². The van der Waals surface area contributed by atoms with Crippen molar-refractivity contribution >= 4 is 40.2 Å². The number of carboxylic acids is 1. The third-order valence-electron chi connectivity index (χ3n) is 7.82. The van der Waals surface area contributed by atoms with E-state index in [0.29, 0.717) is 54.6 Å². The minimum Gasteiger partial charge on any atom is -0.497 e. The lowest BCUT2D eigenvalue weighted by atomic mass is 9.71. The molecule has 41 heavy (non-hydrogen) atoms. The van der Waals surface area contributed by atoms with Crippen molar-refractivity contribution in [3.8, 4) is 5.75 Å². The van der Waals surface area contributed by atoms with E-state index in [4.69, 9.17) is 16.3 Å². The van der Waals surface area contributed by atoms with Crippen LogP contribution in [0.15, 0.2) is 53.6 Å². The molecule has 0 spiro atoms. The Morgan fingerprint density at radius 1 is 1.20 bits per heavy atom. The molecule has 5 nitrogen and oxygen atoms in total. The number of likely N-dealkylation sites (tertiary alicyclic amines) is 1. The molecule has 11 heteroatoms. The second kappa shape index (κ2) is 13.6. The number of carboxylic acid groups (broad SMARTS) is 1. The van der Waals surface area contributed by atoms with Gasteiger partial charge >= 0.3 is 12.1 Å². The van der Waals surface area contributed by atoms with Gasteiger partial charge in [-0.3, -0.25) is 9.78 Å². The van der Waals surface area contributed by atoms with Crippen LogP contribution in [0, 0.1) is 5.41 Å². The van der Waals surface area contributed by atoms with E-state index in [-0.39, 0.29) is 17.9 Å². The molecular formula is C30H33ClF4N2O3S. The van der Waals surface area contributed by atoms with Gasteiger partial charge in [-0.15, -0.1) is 11.8 Å². The Morgan fingerprint density at radius 2 is 1.90 bits per heavy atom. The van der Waals surface area contributed by atoms with Gasteiger partial charge in [0.1, 0.15) is 11.9 Å². The molecule has 1 aliphatic heterocycles. The number of ether oxygens (including phenoxy) is 1. The van der Waals surface area contributed by atoms with Gasteiger partial charge in [0.15, 0.2) is 0 Å². The van der Waals surface area contributed by atoms with E-state index in [0.717, 1.165) is 35.7 Å². The molecule has 1 fully saturated rings. The number of piperidine rings is 1. The summed E-state index contributed by atoms with van der Waals surface area (Å²) in [6.45, 7) is 2.24. The molecule has 1 aliphatic rings. The number of hydrogen-bond donors (Lipinski definition) is 1. The summed E-state index contributed by atoms with van der Waals surface area (Å²) in [6, 6.07) is 10.4. The van der Waals surface area contributed by atoms with Gasteiger partial charge < -0.3 is 14.7 Å². The third-order valence-corrected chi connectivity index (χ3v) is 9.22. The number of benzene rings is 2. The van der Waals surface area contributed by atoms with E-state index in [1.165, 1.54) is 37.2 Å². The zero-order valence-corrected chi connectivity index (χ0v) is 24.3. The van der Waals surface area contributed by atoms with E-state index in [1.807, 2.05) is 0 Å². The summed E-state index contributed by atoms with van der Waals surface area (Å²) in [5.74, 6) is 0.443. The zero-order chi connectivity index (χ0) is 29.6. The Balaban J connectivity index is 1.31. The molecule has 2 heterocycles. The Bertz CT molecular complexity index is 1330. The average Bonchev–Trinajstić information content (AvgIpc) is 2.94. The van der Waals surface area contributed by atoms with Crippen molar-refractivity contribution in [1.82, 2.24) is 9.88 Å². The van der Waals surface area contributed by atoms with Crippen LogP contribution < -0.4 is 4.74 Å². The lowest BCUT2D eigenvalue weighted by molar-refractivity contribution is -0.141. The molecular weight excluding hydrogens is 580 g/mol. The first-order valence-corrected chi connectivity index (χ1v) is 14.9. The van der Waals surface area contributed by atoms with Crippen LogP contribution in [0.5, 0.6) is 5.75 Å². The standard InChI is InChI=1S/C30H33ClF4N2O3S/c1-40-21-5-8-26-23(17-21)28(24(31)19-36-26)25(32)9-10-29(18-27(38)39)11-14-37(15-12-29)13-2-16-41-22-6-3-20(4-7-22)30(33,34)35/h3-8,17,19,25H,2,9-16,18H2,1H3,(H,38,39). The second-order valence-corrected chi connectivity index (χ2v) is 12.1. The maximum absolute atomic E-state index is 15.8. The minimum absolute atomic E-state index is 0.0179. The van der Waals surface area contributed by atoms with Crippen LogP contribution in [0.3, 0.4) is 0 Å². The molecule has 1 N–H and O–H groups in total. The van der Waals surface area contributed by atoms with Crippen molar-refractivity contribution in [3.63, 3.8) is 0 Å². The number of halogens is 5. The highest BCUT2D eigenvalue weighted by atomic mass is 35.5. The summed E-state index contributed by atoms with van der Waals surface area (Å²) in [7, 11) is 1.53. The van der Waals surface area contributed by atoms with Crippen molar-refractivity contribution in [1.29, 1.82) is 0 Å². The number of nitrogens with zero attached hydrogens (tertiary/aromatic N) is 2. The molecule has 1 unspecified atom stereocenters. The van der Waals surface area contributed by atoms with Crippen molar-refractivity contribution in [3.05, 3.63) is 64.8 Å². The normalized spacial score (nSPS) is 16.5. The van der Waals surface area contributed by atoms with E-state index >= 15 is 4.39 Å². The number of pyridine rings is 1. The average molecular weight is 613 g/mol. The SMILES string of the molecule is COc1ccc2ncc(Cl)c(C(F)CCC3(CC(=O)O)CCN(CCCSc4ccc(C(F)(F)F)cc4)CC3)c2c1. The quantitative estimate of drug-likeness (QED) is 0.126. The fourth-order valence-electron chi connectivity index (χ4n) is 5.50. The fraction of sp³-hybridized carbons (Fsp3) is 0.467. The van der Waals surface area contributed by atoms with Gasteiger partial charge in [-0.05, 0) is 105 Å². The molecule has 0 aliphatic carbocycles. The molecule has 1 aromatic heterocycles. The third kappa shape index (κ3) is 8.26. The van der Waals surface area contributed by atoms with Gasteiger partial charge in [0.2, 0.25) is 0 Å². The number of alkyl halides is 4. The van der Waals surface area contributed by atoms with Crippen LogP contribution in [0.4, 0.5) is 17.6 Å². The topological polar surface area (TPSA) is 62.7 Å². The minimum atomic E-state index is -4.34. The monoisotopic (exact) mass is 612 g/mol. The summed E-state index contributed by atoms with van der Waals surface area (Å²) in [5, 5.41) is 10.5. The van der Waals surface area contributed by atoms with Gasteiger partial charge in [-0.1, -0.05) is 11.6 Å². The van der Waals surface area contributed by atoms with Crippen LogP contribution in [0.1, 0.15) is 55.8 Å². The van der Waals surface area contributed by atoms with Gasteiger partial charge in [0.25, 0.3) is 0 Å². The molecule has 1 saturated heterocycles.